The van der Waals surface area contributed by atoms with E-state index in [-0.39, 0.29) is 6.29 Å². The van der Waals surface area contributed by atoms with Crippen molar-refractivity contribution in [2.45, 2.75) is 40.4 Å². The predicted octanol–water partition coefficient (Wildman–Crippen LogP) is 3.94. The van der Waals surface area contributed by atoms with Crippen LogP contribution in [0.5, 0.6) is 11.5 Å². The molecular formula is C19H31NO4. The van der Waals surface area contributed by atoms with Crippen LogP contribution < -0.4 is 9.47 Å². The number of methoxy groups -OCH3 is 2. The van der Waals surface area contributed by atoms with E-state index in [0.29, 0.717) is 37.2 Å². The second-order valence-electron chi connectivity index (χ2n) is 5.80. The SMILES string of the molecule is CCOC(CN=C(CC(C)C)c1ccc(OC)c(OC)c1)OCC. The number of aliphatic imine (C=N–C) groups is 1. The summed E-state index contributed by atoms with van der Waals surface area (Å²) in [6.45, 7) is 9.97. The molecule has 0 atom stereocenters. The van der Waals surface area contributed by atoms with Gasteiger partial charge in [-0.1, -0.05) is 13.8 Å². The topological polar surface area (TPSA) is 49.3 Å². The molecule has 0 N–H and O–H groups in total. The van der Waals surface area contributed by atoms with Crippen molar-refractivity contribution in [3.8, 4) is 11.5 Å². The summed E-state index contributed by atoms with van der Waals surface area (Å²) in [5.41, 5.74) is 2.06. The molecule has 5 nitrogen and oxygen atoms in total. The van der Waals surface area contributed by atoms with Crippen LogP contribution in [0.4, 0.5) is 0 Å². The Labute approximate surface area is 146 Å². The van der Waals surface area contributed by atoms with Gasteiger partial charge in [0.15, 0.2) is 17.8 Å². The minimum absolute atomic E-state index is 0.303. The third-order valence-corrected chi connectivity index (χ3v) is 3.45. The molecule has 24 heavy (non-hydrogen) atoms. The molecule has 0 aromatic heterocycles. The molecule has 0 amide bonds. The molecule has 0 saturated heterocycles. The third kappa shape index (κ3) is 6.49. The molecule has 136 valence electrons. The lowest BCUT2D eigenvalue weighted by atomic mass is 10.00. The van der Waals surface area contributed by atoms with Gasteiger partial charge in [0.25, 0.3) is 0 Å². The molecule has 0 aliphatic carbocycles. The normalized spacial score (nSPS) is 12.1. The van der Waals surface area contributed by atoms with Crippen LogP contribution in [0.25, 0.3) is 0 Å². The highest BCUT2D eigenvalue weighted by Gasteiger charge is 2.13. The summed E-state index contributed by atoms with van der Waals surface area (Å²) in [5.74, 6) is 1.92. The fourth-order valence-electron chi connectivity index (χ4n) is 2.39. The van der Waals surface area contributed by atoms with E-state index < -0.39 is 0 Å². The Balaban J connectivity index is 3.05. The molecule has 0 radical (unpaired) electrons. The molecule has 1 aromatic rings. The van der Waals surface area contributed by atoms with Crippen LogP contribution in [0.15, 0.2) is 23.2 Å². The van der Waals surface area contributed by atoms with Gasteiger partial charge < -0.3 is 18.9 Å². The van der Waals surface area contributed by atoms with Crippen LogP contribution in [0.1, 0.15) is 39.7 Å². The second-order valence-corrected chi connectivity index (χ2v) is 5.80. The van der Waals surface area contributed by atoms with Crippen LogP contribution >= 0.6 is 0 Å². The molecule has 0 aliphatic heterocycles. The molecule has 0 spiro atoms. The molecule has 0 aliphatic rings. The summed E-state index contributed by atoms with van der Waals surface area (Å²) in [4.78, 5) is 4.77. The first-order chi connectivity index (χ1) is 11.5. The lowest BCUT2D eigenvalue weighted by Crippen LogP contribution is -2.22. The van der Waals surface area contributed by atoms with Crippen molar-refractivity contribution < 1.29 is 18.9 Å². The maximum absolute atomic E-state index is 5.58. The maximum Gasteiger partial charge on any atom is 0.176 e. The van der Waals surface area contributed by atoms with E-state index in [2.05, 4.69) is 13.8 Å². The first-order valence-electron chi connectivity index (χ1n) is 8.54. The summed E-state index contributed by atoms with van der Waals surface area (Å²) >= 11 is 0. The van der Waals surface area contributed by atoms with Crippen LogP contribution in [-0.4, -0.2) is 46.0 Å². The highest BCUT2D eigenvalue weighted by molar-refractivity contribution is 6.01. The van der Waals surface area contributed by atoms with E-state index in [4.69, 9.17) is 23.9 Å². The second kappa shape index (κ2) is 11.0. The molecule has 0 saturated carbocycles. The lowest BCUT2D eigenvalue weighted by molar-refractivity contribution is -0.128. The van der Waals surface area contributed by atoms with Gasteiger partial charge in [0.05, 0.1) is 20.8 Å². The van der Waals surface area contributed by atoms with Crippen molar-refractivity contribution >= 4 is 5.71 Å². The Morgan fingerprint density at radius 1 is 1.00 bits per heavy atom. The van der Waals surface area contributed by atoms with E-state index >= 15 is 0 Å². The van der Waals surface area contributed by atoms with E-state index in [1.807, 2.05) is 32.0 Å². The van der Waals surface area contributed by atoms with Gasteiger partial charge in [-0.25, -0.2) is 0 Å². The van der Waals surface area contributed by atoms with Crippen LogP contribution in [0.2, 0.25) is 0 Å². The zero-order valence-corrected chi connectivity index (χ0v) is 15.8. The van der Waals surface area contributed by atoms with E-state index in [1.54, 1.807) is 14.2 Å². The number of rotatable bonds is 11. The van der Waals surface area contributed by atoms with Gasteiger partial charge in [-0.15, -0.1) is 0 Å². The number of nitrogens with zero attached hydrogens (tertiary/aromatic N) is 1. The summed E-state index contributed by atoms with van der Waals surface area (Å²) in [5, 5.41) is 0. The van der Waals surface area contributed by atoms with Gasteiger partial charge in [-0.2, -0.15) is 0 Å². The smallest absolute Gasteiger partial charge is 0.176 e. The first kappa shape index (κ1) is 20.5. The van der Waals surface area contributed by atoms with Gasteiger partial charge in [-0.3, -0.25) is 4.99 Å². The number of hydrogen-bond acceptors (Lipinski definition) is 5. The zero-order chi connectivity index (χ0) is 17.9. The highest BCUT2D eigenvalue weighted by atomic mass is 16.7. The Bertz CT molecular complexity index is 508. The van der Waals surface area contributed by atoms with Crippen molar-refractivity contribution in [1.29, 1.82) is 0 Å². The molecule has 0 bridgehead atoms. The first-order valence-corrected chi connectivity index (χ1v) is 8.54. The Morgan fingerprint density at radius 3 is 2.12 bits per heavy atom. The van der Waals surface area contributed by atoms with Crippen LogP contribution in [-0.2, 0) is 9.47 Å². The van der Waals surface area contributed by atoms with Crippen LogP contribution in [0.3, 0.4) is 0 Å². The number of hydrogen-bond donors (Lipinski definition) is 0. The van der Waals surface area contributed by atoms with Gasteiger partial charge >= 0.3 is 0 Å². The Hall–Kier alpha value is -1.59. The van der Waals surface area contributed by atoms with Crippen molar-refractivity contribution in [2.24, 2.45) is 10.9 Å². The Kier molecular flexibility index (Phi) is 9.42. The number of ether oxygens (including phenoxy) is 4. The standard InChI is InChI=1S/C19H31NO4/c1-7-23-19(24-8-2)13-20-16(11-14(3)4)15-9-10-17(21-5)18(12-15)22-6/h9-10,12,14,19H,7-8,11,13H2,1-6H3. The number of benzene rings is 1. The largest absolute Gasteiger partial charge is 0.493 e. The fourth-order valence-corrected chi connectivity index (χ4v) is 2.39. The zero-order valence-electron chi connectivity index (χ0n) is 15.8. The third-order valence-electron chi connectivity index (χ3n) is 3.45. The predicted molar refractivity (Wildman–Crippen MR) is 97.4 cm³/mol. The summed E-state index contributed by atoms with van der Waals surface area (Å²) in [7, 11) is 3.27. The molecule has 1 aromatic carbocycles. The van der Waals surface area contributed by atoms with E-state index in [9.17, 15) is 0 Å². The van der Waals surface area contributed by atoms with Gasteiger partial charge in [0, 0.05) is 18.9 Å². The van der Waals surface area contributed by atoms with E-state index in [0.717, 1.165) is 17.7 Å². The van der Waals surface area contributed by atoms with Gasteiger partial charge in [0.2, 0.25) is 0 Å². The molecular weight excluding hydrogens is 306 g/mol. The van der Waals surface area contributed by atoms with Crippen molar-refractivity contribution in [3.63, 3.8) is 0 Å². The van der Waals surface area contributed by atoms with Crippen molar-refractivity contribution in [2.75, 3.05) is 34.0 Å². The van der Waals surface area contributed by atoms with E-state index in [1.165, 1.54) is 0 Å². The minimum atomic E-state index is -0.303. The molecule has 0 heterocycles. The fraction of sp³-hybridized carbons (Fsp3) is 0.632. The summed E-state index contributed by atoms with van der Waals surface area (Å²) in [6, 6.07) is 5.89. The average Bonchev–Trinajstić information content (AvgIpc) is 2.57. The molecule has 0 unspecified atom stereocenters. The molecule has 1 rings (SSSR count). The average molecular weight is 337 g/mol. The lowest BCUT2D eigenvalue weighted by Gasteiger charge is -2.17. The van der Waals surface area contributed by atoms with Crippen LogP contribution in [0, 0.1) is 5.92 Å². The highest BCUT2D eigenvalue weighted by Crippen LogP contribution is 2.28. The maximum atomic E-state index is 5.58. The van der Waals surface area contributed by atoms with Crippen molar-refractivity contribution in [3.05, 3.63) is 23.8 Å². The summed E-state index contributed by atoms with van der Waals surface area (Å²) in [6.07, 6.45) is 0.572. The van der Waals surface area contributed by atoms with Crippen molar-refractivity contribution in [1.82, 2.24) is 0 Å². The minimum Gasteiger partial charge on any atom is -0.493 e. The molecule has 0 fully saturated rings. The summed E-state index contributed by atoms with van der Waals surface area (Å²) < 4.78 is 21.9. The molecule has 5 heteroatoms. The quantitative estimate of drug-likeness (QED) is 0.453. The Morgan fingerprint density at radius 2 is 1.62 bits per heavy atom. The van der Waals surface area contributed by atoms with Gasteiger partial charge in [-0.05, 0) is 49.9 Å². The monoisotopic (exact) mass is 337 g/mol. The van der Waals surface area contributed by atoms with Gasteiger partial charge in [0.1, 0.15) is 0 Å².